The number of piperidine rings is 1. The van der Waals surface area contributed by atoms with Gasteiger partial charge in [-0.05, 0) is 45.2 Å². The maximum Gasteiger partial charge on any atom is 0.188 e. The van der Waals surface area contributed by atoms with E-state index in [2.05, 4.69) is 25.6 Å². The van der Waals surface area contributed by atoms with Crippen LogP contribution in [-0.2, 0) is 6.42 Å². The smallest absolute Gasteiger partial charge is 0.188 e. The van der Waals surface area contributed by atoms with Crippen LogP contribution in [0.2, 0.25) is 0 Å². The summed E-state index contributed by atoms with van der Waals surface area (Å²) in [6.45, 7) is 4.29. The first kappa shape index (κ1) is 13.5. The molecule has 1 aliphatic heterocycles. The first-order chi connectivity index (χ1) is 9.79. The van der Waals surface area contributed by atoms with E-state index in [4.69, 9.17) is 0 Å². The topological polar surface area (TPSA) is 62.7 Å². The zero-order chi connectivity index (χ0) is 13.8. The Morgan fingerprint density at radius 3 is 3.10 bits per heavy atom. The lowest BCUT2D eigenvalue weighted by Gasteiger charge is -2.22. The van der Waals surface area contributed by atoms with Gasteiger partial charge in [0.1, 0.15) is 12.1 Å². The van der Waals surface area contributed by atoms with Gasteiger partial charge in [0.25, 0.3) is 0 Å². The van der Waals surface area contributed by atoms with Gasteiger partial charge in [0.15, 0.2) is 5.13 Å². The normalized spacial score (nSPS) is 18.9. The Morgan fingerprint density at radius 1 is 1.40 bits per heavy atom. The number of hydrogen-bond acceptors (Lipinski definition) is 6. The minimum atomic E-state index is 0.689. The Kier molecular flexibility index (Phi) is 4.22. The molecule has 1 fully saturated rings. The van der Waals surface area contributed by atoms with Crippen molar-refractivity contribution in [2.24, 2.45) is 5.92 Å². The van der Waals surface area contributed by atoms with E-state index in [1.165, 1.54) is 17.7 Å². The molecular weight excluding hydrogens is 270 g/mol. The summed E-state index contributed by atoms with van der Waals surface area (Å²) in [7, 11) is 0. The second kappa shape index (κ2) is 6.28. The fourth-order valence-corrected chi connectivity index (χ4v) is 3.17. The first-order valence-corrected chi connectivity index (χ1v) is 7.82. The number of nitrogens with one attached hydrogen (secondary N) is 2. The second-order valence-corrected chi connectivity index (χ2v) is 6.45. The van der Waals surface area contributed by atoms with Crippen LogP contribution in [0.5, 0.6) is 0 Å². The minimum Gasteiger partial charge on any atom is -0.316 e. The summed E-state index contributed by atoms with van der Waals surface area (Å²) in [5.74, 6) is 1.52. The lowest BCUT2D eigenvalue weighted by atomic mass is 9.94. The van der Waals surface area contributed by atoms with Gasteiger partial charge in [0.2, 0.25) is 0 Å². The molecule has 0 aromatic carbocycles. The summed E-state index contributed by atoms with van der Waals surface area (Å²) in [6.07, 6.45) is 7.06. The van der Waals surface area contributed by atoms with Crippen molar-refractivity contribution < 1.29 is 0 Å². The standard InChI is InChI=1S/C14H19N5S/c1-10-7-16-14(20-10)19-13-6-12(17-9-18-13)5-11-3-2-4-15-8-11/h6-7,9,11,15H,2-5,8H2,1H3,(H,16,17,18,19). The molecule has 5 nitrogen and oxygen atoms in total. The van der Waals surface area contributed by atoms with Crippen LogP contribution >= 0.6 is 11.3 Å². The monoisotopic (exact) mass is 289 g/mol. The molecule has 0 saturated carbocycles. The summed E-state index contributed by atoms with van der Waals surface area (Å²) >= 11 is 1.63. The largest absolute Gasteiger partial charge is 0.316 e. The van der Waals surface area contributed by atoms with Crippen LogP contribution in [0, 0.1) is 12.8 Å². The molecule has 1 aliphatic rings. The van der Waals surface area contributed by atoms with Gasteiger partial charge in [-0.25, -0.2) is 15.0 Å². The average Bonchev–Trinajstić information content (AvgIpc) is 2.86. The van der Waals surface area contributed by atoms with Crippen molar-refractivity contribution in [1.29, 1.82) is 0 Å². The molecule has 0 aliphatic carbocycles. The molecule has 2 aromatic rings. The van der Waals surface area contributed by atoms with Crippen molar-refractivity contribution in [3.63, 3.8) is 0 Å². The molecule has 0 bridgehead atoms. The van der Waals surface area contributed by atoms with E-state index in [1.54, 1.807) is 17.7 Å². The highest BCUT2D eigenvalue weighted by atomic mass is 32.1. The molecule has 6 heteroatoms. The number of thiazole rings is 1. The third kappa shape index (κ3) is 3.52. The van der Waals surface area contributed by atoms with E-state index in [1.807, 2.05) is 19.2 Å². The Balaban J connectivity index is 1.65. The maximum absolute atomic E-state index is 4.38. The molecule has 3 heterocycles. The number of aryl methyl sites for hydroxylation is 1. The lowest BCUT2D eigenvalue weighted by molar-refractivity contribution is 0.373. The Bertz CT molecular complexity index is 562. The minimum absolute atomic E-state index is 0.689. The summed E-state index contributed by atoms with van der Waals surface area (Å²) in [6, 6.07) is 2.03. The number of anilines is 2. The van der Waals surface area contributed by atoms with Gasteiger partial charge in [-0.2, -0.15) is 0 Å². The Morgan fingerprint density at radius 2 is 2.35 bits per heavy atom. The highest BCUT2D eigenvalue weighted by Gasteiger charge is 2.14. The van der Waals surface area contributed by atoms with Crippen molar-refractivity contribution in [1.82, 2.24) is 20.3 Å². The molecule has 1 saturated heterocycles. The second-order valence-electron chi connectivity index (χ2n) is 5.21. The molecule has 2 aromatic heterocycles. The van der Waals surface area contributed by atoms with Gasteiger partial charge < -0.3 is 10.6 Å². The van der Waals surface area contributed by atoms with Crippen molar-refractivity contribution in [2.45, 2.75) is 26.2 Å². The van der Waals surface area contributed by atoms with E-state index >= 15 is 0 Å². The van der Waals surface area contributed by atoms with Crippen molar-refractivity contribution in [2.75, 3.05) is 18.4 Å². The molecule has 3 rings (SSSR count). The number of nitrogens with zero attached hydrogens (tertiary/aromatic N) is 3. The van der Waals surface area contributed by atoms with E-state index in [0.717, 1.165) is 36.2 Å². The van der Waals surface area contributed by atoms with Crippen LogP contribution in [0.25, 0.3) is 0 Å². The van der Waals surface area contributed by atoms with Crippen LogP contribution in [0.1, 0.15) is 23.4 Å². The van der Waals surface area contributed by atoms with Gasteiger partial charge in [0.05, 0.1) is 0 Å². The van der Waals surface area contributed by atoms with Gasteiger partial charge in [-0.1, -0.05) is 0 Å². The third-order valence-electron chi connectivity index (χ3n) is 3.48. The van der Waals surface area contributed by atoms with E-state index in [9.17, 15) is 0 Å². The molecule has 106 valence electrons. The fourth-order valence-electron chi connectivity index (χ4n) is 2.49. The average molecular weight is 289 g/mol. The molecular formula is C14H19N5S. The molecule has 0 radical (unpaired) electrons. The SMILES string of the molecule is Cc1cnc(Nc2cc(CC3CCCNC3)ncn2)s1. The molecule has 0 amide bonds. The van der Waals surface area contributed by atoms with Gasteiger partial charge in [0, 0.05) is 22.8 Å². The maximum atomic E-state index is 4.38. The number of aromatic nitrogens is 3. The molecule has 1 atom stereocenters. The predicted octanol–water partition coefficient (Wildman–Crippen LogP) is 2.53. The highest BCUT2D eigenvalue weighted by Crippen LogP contribution is 2.21. The van der Waals surface area contributed by atoms with Crippen molar-refractivity contribution in [3.8, 4) is 0 Å². The summed E-state index contributed by atoms with van der Waals surface area (Å²) in [5.41, 5.74) is 1.10. The van der Waals surface area contributed by atoms with E-state index < -0.39 is 0 Å². The molecule has 2 N–H and O–H groups in total. The van der Waals surface area contributed by atoms with E-state index in [0.29, 0.717) is 5.92 Å². The van der Waals surface area contributed by atoms with Crippen LogP contribution < -0.4 is 10.6 Å². The number of hydrogen-bond donors (Lipinski definition) is 2. The van der Waals surface area contributed by atoms with E-state index in [-0.39, 0.29) is 0 Å². The van der Waals surface area contributed by atoms with Crippen molar-refractivity contribution in [3.05, 3.63) is 29.2 Å². The van der Waals surface area contributed by atoms with Crippen LogP contribution in [0.3, 0.4) is 0 Å². The Hall–Kier alpha value is -1.53. The number of rotatable bonds is 4. The molecule has 0 spiro atoms. The van der Waals surface area contributed by atoms with Crippen LogP contribution in [0.15, 0.2) is 18.6 Å². The Labute approximate surface area is 122 Å². The van der Waals surface area contributed by atoms with Crippen LogP contribution in [0.4, 0.5) is 10.9 Å². The predicted molar refractivity (Wildman–Crippen MR) is 81.5 cm³/mol. The fraction of sp³-hybridized carbons (Fsp3) is 0.500. The van der Waals surface area contributed by atoms with Gasteiger partial charge >= 0.3 is 0 Å². The third-order valence-corrected chi connectivity index (χ3v) is 4.30. The molecule has 1 unspecified atom stereocenters. The quantitative estimate of drug-likeness (QED) is 0.905. The highest BCUT2D eigenvalue weighted by molar-refractivity contribution is 7.15. The molecule has 20 heavy (non-hydrogen) atoms. The zero-order valence-electron chi connectivity index (χ0n) is 11.6. The van der Waals surface area contributed by atoms with Crippen molar-refractivity contribution >= 4 is 22.3 Å². The van der Waals surface area contributed by atoms with Gasteiger partial charge in [-0.3, -0.25) is 0 Å². The lowest BCUT2D eigenvalue weighted by Crippen LogP contribution is -2.31. The summed E-state index contributed by atoms with van der Waals surface area (Å²) in [4.78, 5) is 14.1. The first-order valence-electron chi connectivity index (χ1n) is 7.01. The van der Waals surface area contributed by atoms with Gasteiger partial charge in [-0.15, -0.1) is 11.3 Å². The summed E-state index contributed by atoms with van der Waals surface area (Å²) in [5, 5.41) is 7.57. The van der Waals surface area contributed by atoms with Crippen LogP contribution in [-0.4, -0.2) is 28.0 Å². The zero-order valence-corrected chi connectivity index (χ0v) is 12.4. The summed E-state index contributed by atoms with van der Waals surface area (Å²) < 4.78 is 0.